The maximum absolute atomic E-state index is 13.6. The molecule has 0 spiro atoms. The Bertz CT molecular complexity index is 596. The molecule has 0 radical (unpaired) electrons. The number of halogens is 16. The zero-order chi connectivity index (χ0) is 23.0. The molecule has 166 valence electrons. The van der Waals surface area contributed by atoms with Crippen molar-refractivity contribution < 1.29 is 80.5 Å². The van der Waals surface area contributed by atoms with Crippen LogP contribution in [0.15, 0.2) is 0 Å². The summed E-state index contributed by atoms with van der Waals surface area (Å²) in [5.41, 5.74) is -15.8. The SMILES string of the molecule is OC1(C2(O)C(F)(F)C(F)(F)C(F)(F)C2(F)F)C(F)(F)C(F)(F)C(F)(F)C1(F)F. The number of rotatable bonds is 1. The summed E-state index contributed by atoms with van der Waals surface area (Å²) in [5, 5.41) is 18.0. The minimum Gasteiger partial charge on any atom is -0.375 e. The minimum absolute atomic E-state index is 7.76. The smallest absolute Gasteiger partial charge is 0.375 e. The molecule has 2 saturated carbocycles. The lowest BCUT2D eigenvalue weighted by Gasteiger charge is -2.47. The second-order valence-electron chi connectivity index (χ2n) is 6.02. The molecule has 28 heavy (non-hydrogen) atoms. The van der Waals surface area contributed by atoms with Crippen molar-refractivity contribution in [2.24, 2.45) is 0 Å². The normalized spacial score (nSPS) is 36.2. The molecule has 2 nitrogen and oxygen atoms in total. The van der Waals surface area contributed by atoms with E-state index >= 15 is 0 Å². The predicted molar refractivity (Wildman–Crippen MR) is 49.5 cm³/mol. The first-order chi connectivity index (χ1) is 11.8. The van der Waals surface area contributed by atoms with Crippen LogP contribution in [0.25, 0.3) is 0 Å². The summed E-state index contributed by atoms with van der Waals surface area (Å²) in [4.78, 5) is 0. The molecule has 0 aliphatic heterocycles. The lowest BCUT2D eigenvalue weighted by Crippen LogP contribution is -2.81. The summed E-state index contributed by atoms with van der Waals surface area (Å²) >= 11 is 0. The van der Waals surface area contributed by atoms with Crippen molar-refractivity contribution in [1.29, 1.82) is 0 Å². The van der Waals surface area contributed by atoms with E-state index in [-0.39, 0.29) is 0 Å². The third-order valence-electron chi connectivity index (χ3n) is 4.71. The summed E-state index contributed by atoms with van der Waals surface area (Å²) < 4.78 is 213. The molecule has 0 aromatic carbocycles. The van der Waals surface area contributed by atoms with Gasteiger partial charge in [0.25, 0.3) is 0 Å². The van der Waals surface area contributed by atoms with E-state index in [0.29, 0.717) is 0 Å². The van der Waals surface area contributed by atoms with Crippen LogP contribution in [0.5, 0.6) is 0 Å². The van der Waals surface area contributed by atoms with Crippen LogP contribution < -0.4 is 0 Å². The van der Waals surface area contributed by atoms with Crippen LogP contribution in [0.3, 0.4) is 0 Å². The number of alkyl halides is 16. The lowest BCUT2D eigenvalue weighted by atomic mass is 9.72. The van der Waals surface area contributed by atoms with Crippen molar-refractivity contribution >= 4 is 0 Å². The van der Waals surface area contributed by atoms with Crippen LogP contribution in [0.2, 0.25) is 0 Å². The minimum atomic E-state index is -7.97. The Balaban J connectivity index is 3.11. The van der Waals surface area contributed by atoms with Gasteiger partial charge in [-0.3, -0.25) is 0 Å². The fourth-order valence-electron chi connectivity index (χ4n) is 3.00. The Hall–Kier alpha value is -1.20. The van der Waals surface area contributed by atoms with Gasteiger partial charge in [-0.15, -0.1) is 0 Å². The predicted octanol–water partition coefficient (Wildman–Crippen LogP) is 3.56. The molecular weight excluding hydrogens is 456 g/mol. The van der Waals surface area contributed by atoms with E-state index in [9.17, 15) is 70.2 Å². The topological polar surface area (TPSA) is 40.5 Å². The third-order valence-corrected chi connectivity index (χ3v) is 4.71. The Morgan fingerprint density at radius 2 is 0.357 bits per heavy atom. The molecule has 0 aromatic heterocycles. The first-order valence-electron chi connectivity index (χ1n) is 6.22. The number of hydrogen-bond donors (Lipinski definition) is 2. The van der Waals surface area contributed by atoms with Gasteiger partial charge in [0.15, 0.2) is 0 Å². The summed E-state index contributed by atoms with van der Waals surface area (Å²) in [7, 11) is 0. The molecule has 2 N–H and O–H groups in total. The molecular formula is C10H2F16O2. The van der Waals surface area contributed by atoms with Gasteiger partial charge in [-0.1, -0.05) is 0 Å². The van der Waals surface area contributed by atoms with E-state index in [1.807, 2.05) is 0 Å². The van der Waals surface area contributed by atoms with Crippen molar-refractivity contribution in [3.8, 4) is 0 Å². The van der Waals surface area contributed by atoms with Crippen LogP contribution in [0.4, 0.5) is 70.2 Å². The largest absolute Gasteiger partial charge is 0.381 e. The first-order valence-corrected chi connectivity index (χ1v) is 6.22. The molecule has 18 heteroatoms. The molecule has 2 aliphatic rings. The summed E-state index contributed by atoms with van der Waals surface area (Å²) in [5.74, 6) is -62.9. The zero-order valence-corrected chi connectivity index (χ0v) is 11.9. The van der Waals surface area contributed by atoms with Gasteiger partial charge in [0.1, 0.15) is 0 Å². The van der Waals surface area contributed by atoms with Gasteiger partial charge in [0, 0.05) is 0 Å². The van der Waals surface area contributed by atoms with Gasteiger partial charge < -0.3 is 10.2 Å². The fourth-order valence-corrected chi connectivity index (χ4v) is 3.00. The molecule has 0 aromatic rings. The van der Waals surface area contributed by atoms with Gasteiger partial charge >= 0.3 is 47.4 Å². The summed E-state index contributed by atoms with van der Waals surface area (Å²) in [6, 6.07) is 0. The molecule has 0 unspecified atom stereocenters. The highest BCUT2D eigenvalue weighted by atomic mass is 19.4. The quantitative estimate of drug-likeness (QED) is 0.591. The average Bonchev–Trinajstić information content (AvgIpc) is 2.58. The Morgan fingerprint density at radius 1 is 0.250 bits per heavy atom. The Morgan fingerprint density at radius 3 is 0.464 bits per heavy atom. The standard InChI is InChI=1S/C10H2F16O2/c11-3(12)1(27,4(13,14)8(21,22)7(3,19)20)2(28)5(15,16)9(23,24)10(25,26)6(2,17)18/h27-28H. The van der Waals surface area contributed by atoms with Gasteiger partial charge in [-0.2, -0.15) is 70.2 Å². The summed E-state index contributed by atoms with van der Waals surface area (Å²) in [6.07, 6.45) is 0. The van der Waals surface area contributed by atoms with Crippen molar-refractivity contribution in [1.82, 2.24) is 0 Å². The molecule has 0 saturated heterocycles. The van der Waals surface area contributed by atoms with Crippen molar-refractivity contribution in [2.45, 2.75) is 58.6 Å². The molecule has 2 fully saturated rings. The van der Waals surface area contributed by atoms with Crippen LogP contribution >= 0.6 is 0 Å². The lowest BCUT2D eigenvalue weighted by molar-refractivity contribution is -0.417. The van der Waals surface area contributed by atoms with E-state index in [4.69, 9.17) is 10.2 Å². The molecule has 2 aliphatic carbocycles. The molecule has 0 heterocycles. The van der Waals surface area contributed by atoms with E-state index in [2.05, 4.69) is 0 Å². The molecule has 0 amide bonds. The second-order valence-corrected chi connectivity index (χ2v) is 6.02. The number of aliphatic hydroxyl groups is 2. The Labute approximate surface area is 140 Å². The van der Waals surface area contributed by atoms with Crippen LogP contribution in [-0.2, 0) is 0 Å². The van der Waals surface area contributed by atoms with E-state index in [0.717, 1.165) is 0 Å². The molecule has 0 bridgehead atoms. The van der Waals surface area contributed by atoms with Crippen molar-refractivity contribution in [3.05, 3.63) is 0 Å². The van der Waals surface area contributed by atoms with Crippen LogP contribution in [-0.4, -0.2) is 68.8 Å². The van der Waals surface area contributed by atoms with E-state index in [1.54, 1.807) is 0 Å². The maximum atomic E-state index is 13.6. The second kappa shape index (κ2) is 4.59. The van der Waals surface area contributed by atoms with Gasteiger partial charge in [0.05, 0.1) is 0 Å². The third kappa shape index (κ3) is 1.47. The molecule has 0 atom stereocenters. The first kappa shape index (κ1) is 23.1. The highest BCUT2D eigenvalue weighted by Gasteiger charge is 3.13. The Kier molecular flexibility index (Phi) is 3.78. The average molecular weight is 458 g/mol. The van der Waals surface area contributed by atoms with E-state index < -0.39 is 58.6 Å². The van der Waals surface area contributed by atoms with Crippen molar-refractivity contribution in [2.75, 3.05) is 0 Å². The van der Waals surface area contributed by atoms with Gasteiger partial charge in [-0.05, 0) is 0 Å². The van der Waals surface area contributed by atoms with Crippen LogP contribution in [0, 0.1) is 0 Å². The highest BCUT2D eigenvalue weighted by molar-refractivity contribution is 5.42. The zero-order valence-electron chi connectivity index (χ0n) is 11.9. The van der Waals surface area contributed by atoms with Crippen molar-refractivity contribution in [3.63, 3.8) is 0 Å². The monoisotopic (exact) mass is 458 g/mol. The summed E-state index contributed by atoms with van der Waals surface area (Å²) in [6.45, 7) is 0. The maximum Gasteiger partial charge on any atom is 0.381 e. The van der Waals surface area contributed by atoms with Crippen LogP contribution in [0.1, 0.15) is 0 Å². The fraction of sp³-hybridized carbons (Fsp3) is 1.00. The number of hydrogen-bond acceptors (Lipinski definition) is 2. The van der Waals surface area contributed by atoms with E-state index in [1.165, 1.54) is 0 Å². The molecule has 2 rings (SSSR count). The highest BCUT2D eigenvalue weighted by Crippen LogP contribution is 2.78. The van der Waals surface area contributed by atoms with Gasteiger partial charge in [0.2, 0.25) is 11.2 Å². The van der Waals surface area contributed by atoms with Gasteiger partial charge in [-0.25, -0.2) is 0 Å².